The van der Waals surface area contributed by atoms with Gasteiger partial charge in [-0.25, -0.2) is 12.7 Å². The van der Waals surface area contributed by atoms with Gasteiger partial charge in [-0.3, -0.25) is 4.79 Å². The van der Waals surface area contributed by atoms with Crippen LogP contribution in [-0.4, -0.2) is 43.9 Å². The molecule has 1 aliphatic rings. The lowest BCUT2D eigenvalue weighted by Gasteiger charge is -2.30. The van der Waals surface area contributed by atoms with Gasteiger partial charge in [0.15, 0.2) is 0 Å². The maximum absolute atomic E-state index is 11.8. The van der Waals surface area contributed by atoms with Gasteiger partial charge in [-0.15, -0.1) is 6.58 Å². The minimum atomic E-state index is -3.15. The molecule has 5 nitrogen and oxygen atoms in total. The number of hydrogen-bond acceptors (Lipinski definition) is 4. The van der Waals surface area contributed by atoms with Crippen LogP contribution in [-0.2, 0) is 14.8 Å². The normalized spacial score (nSPS) is 23.6. The summed E-state index contributed by atoms with van der Waals surface area (Å²) >= 11 is 0. The van der Waals surface area contributed by atoms with E-state index in [-0.39, 0.29) is 11.7 Å². The molecule has 6 heteroatoms. The van der Waals surface area contributed by atoms with Gasteiger partial charge in [0.1, 0.15) is 5.78 Å². The standard InChI is InChI=1S/C12H22N2O3S/c1-3-5-11(13)12(15)8-10-6-4-7-14(9-10)18(2,16)17/h3,10-11H,1,4-9,13H2,2H3. The number of sulfonamides is 1. The highest BCUT2D eigenvalue weighted by Crippen LogP contribution is 2.22. The molecule has 0 aliphatic carbocycles. The highest BCUT2D eigenvalue weighted by atomic mass is 32.2. The average molecular weight is 274 g/mol. The minimum Gasteiger partial charge on any atom is -0.321 e. The van der Waals surface area contributed by atoms with Crippen LogP contribution in [0.15, 0.2) is 12.7 Å². The second-order valence-corrected chi connectivity index (χ2v) is 6.91. The number of carbonyl (C=O) groups is 1. The van der Waals surface area contributed by atoms with Gasteiger partial charge >= 0.3 is 0 Å². The quantitative estimate of drug-likeness (QED) is 0.716. The monoisotopic (exact) mass is 274 g/mol. The lowest BCUT2D eigenvalue weighted by molar-refractivity contribution is -0.121. The number of rotatable bonds is 6. The number of Topliss-reactive ketones (excluding diaryl/α,β-unsaturated/α-hetero) is 1. The van der Waals surface area contributed by atoms with Crippen LogP contribution in [0.2, 0.25) is 0 Å². The van der Waals surface area contributed by atoms with Crippen LogP contribution in [0, 0.1) is 5.92 Å². The average Bonchev–Trinajstić information content (AvgIpc) is 2.28. The molecule has 2 N–H and O–H groups in total. The summed E-state index contributed by atoms with van der Waals surface area (Å²) in [4.78, 5) is 11.8. The molecule has 1 rings (SSSR count). The smallest absolute Gasteiger partial charge is 0.211 e. The summed E-state index contributed by atoms with van der Waals surface area (Å²) in [7, 11) is -3.15. The van der Waals surface area contributed by atoms with Crippen molar-refractivity contribution in [2.24, 2.45) is 11.7 Å². The second kappa shape index (κ2) is 6.45. The van der Waals surface area contributed by atoms with E-state index in [2.05, 4.69) is 6.58 Å². The first-order valence-corrected chi connectivity index (χ1v) is 8.03. The summed E-state index contributed by atoms with van der Waals surface area (Å²) in [5.74, 6) is 0.0899. The van der Waals surface area contributed by atoms with Crippen LogP contribution in [0.1, 0.15) is 25.7 Å². The molecule has 1 fully saturated rings. The molecule has 104 valence electrons. The second-order valence-electron chi connectivity index (χ2n) is 4.93. The van der Waals surface area contributed by atoms with Crippen molar-refractivity contribution in [1.82, 2.24) is 4.31 Å². The Morgan fingerprint density at radius 2 is 2.28 bits per heavy atom. The highest BCUT2D eigenvalue weighted by molar-refractivity contribution is 7.88. The predicted molar refractivity (Wildman–Crippen MR) is 71.6 cm³/mol. The fraction of sp³-hybridized carbons (Fsp3) is 0.750. The lowest BCUT2D eigenvalue weighted by atomic mass is 9.91. The van der Waals surface area contributed by atoms with Crippen molar-refractivity contribution >= 4 is 15.8 Å². The van der Waals surface area contributed by atoms with Crippen LogP contribution in [0.4, 0.5) is 0 Å². The molecule has 0 aromatic heterocycles. The van der Waals surface area contributed by atoms with E-state index in [4.69, 9.17) is 5.73 Å². The molecule has 0 spiro atoms. The number of piperidine rings is 1. The molecular weight excluding hydrogens is 252 g/mol. The Balaban J connectivity index is 2.53. The van der Waals surface area contributed by atoms with Gasteiger partial charge in [0.2, 0.25) is 10.0 Å². The SMILES string of the molecule is C=CCC(N)C(=O)CC1CCCN(S(C)(=O)=O)C1. The van der Waals surface area contributed by atoms with Crippen LogP contribution >= 0.6 is 0 Å². The van der Waals surface area contributed by atoms with Gasteiger partial charge in [0.25, 0.3) is 0 Å². The summed E-state index contributed by atoms with van der Waals surface area (Å²) in [6, 6.07) is -0.504. The molecule has 0 aromatic carbocycles. The Kier molecular flexibility index (Phi) is 5.49. The molecule has 0 aromatic rings. The zero-order valence-electron chi connectivity index (χ0n) is 10.8. The van der Waals surface area contributed by atoms with E-state index in [1.54, 1.807) is 6.08 Å². The Labute approximate surface area is 109 Å². The maximum atomic E-state index is 11.8. The van der Waals surface area contributed by atoms with E-state index < -0.39 is 16.1 Å². The summed E-state index contributed by atoms with van der Waals surface area (Å²) in [5.41, 5.74) is 5.71. The van der Waals surface area contributed by atoms with Gasteiger partial charge in [-0.1, -0.05) is 6.08 Å². The third kappa shape index (κ3) is 4.51. The minimum absolute atomic E-state index is 0.00440. The summed E-state index contributed by atoms with van der Waals surface area (Å²) < 4.78 is 24.4. The molecule has 1 heterocycles. The predicted octanol–water partition coefficient (Wildman–Crippen LogP) is 0.521. The fourth-order valence-electron chi connectivity index (χ4n) is 2.24. The van der Waals surface area contributed by atoms with Gasteiger partial charge in [-0.05, 0) is 25.2 Å². The van der Waals surface area contributed by atoms with E-state index in [9.17, 15) is 13.2 Å². The zero-order valence-corrected chi connectivity index (χ0v) is 11.7. The van der Waals surface area contributed by atoms with Crippen LogP contribution in [0.3, 0.4) is 0 Å². The fourth-order valence-corrected chi connectivity index (χ4v) is 3.18. The summed E-state index contributed by atoms with van der Waals surface area (Å²) in [6.07, 6.45) is 5.37. The molecule has 0 saturated carbocycles. The molecule has 0 bridgehead atoms. The van der Waals surface area contributed by atoms with Crippen molar-refractivity contribution < 1.29 is 13.2 Å². The van der Waals surface area contributed by atoms with Crippen molar-refractivity contribution in [1.29, 1.82) is 0 Å². The van der Waals surface area contributed by atoms with Crippen molar-refractivity contribution in [3.63, 3.8) is 0 Å². The molecule has 2 atom stereocenters. The summed E-state index contributed by atoms with van der Waals surface area (Å²) in [5, 5.41) is 0. The third-order valence-electron chi connectivity index (χ3n) is 3.27. The lowest BCUT2D eigenvalue weighted by Crippen LogP contribution is -2.41. The molecule has 1 saturated heterocycles. The summed E-state index contributed by atoms with van der Waals surface area (Å²) in [6.45, 7) is 4.55. The van der Waals surface area contributed by atoms with E-state index >= 15 is 0 Å². The van der Waals surface area contributed by atoms with Gasteiger partial charge in [0, 0.05) is 19.5 Å². The van der Waals surface area contributed by atoms with Crippen molar-refractivity contribution in [2.75, 3.05) is 19.3 Å². The maximum Gasteiger partial charge on any atom is 0.211 e. The van der Waals surface area contributed by atoms with E-state index in [1.807, 2.05) is 0 Å². The van der Waals surface area contributed by atoms with Crippen LogP contribution in [0.5, 0.6) is 0 Å². The number of nitrogens with two attached hydrogens (primary N) is 1. The van der Waals surface area contributed by atoms with Crippen molar-refractivity contribution in [3.8, 4) is 0 Å². The van der Waals surface area contributed by atoms with E-state index in [0.29, 0.717) is 25.9 Å². The Morgan fingerprint density at radius 1 is 1.61 bits per heavy atom. The molecule has 18 heavy (non-hydrogen) atoms. The van der Waals surface area contributed by atoms with Crippen molar-refractivity contribution in [2.45, 2.75) is 31.7 Å². The zero-order chi connectivity index (χ0) is 13.8. The largest absolute Gasteiger partial charge is 0.321 e. The topological polar surface area (TPSA) is 80.5 Å². The highest BCUT2D eigenvalue weighted by Gasteiger charge is 2.28. The first kappa shape index (κ1) is 15.3. The Hall–Kier alpha value is -0.720. The van der Waals surface area contributed by atoms with Crippen LogP contribution < -0.4 is 5.73 Å². The first-order valence-electron chi connectivity index (χ1n) is 6.19. The number of nitrogens with zero attached hydrogens (tertiary/aromatic N) is 1. The number of hydrogen-bond donors (Lipinski definition) is 1. The third-order valence-corrected chi connectivity index (χ3v) is 4.54. The number of ketones is 1. The molecule has 1 aliphatic heterocycles. The molecule has 2 unspecified atom stereocenters. The van der Waals surface area contributed by atoms with E-state index in [1.165, 1.54) is 10.6 Å². The Morgan fingerprint density at radius 3 is 2.83 bits per heavy atom. The molecule has 0 radical (unpaired) electrons. The number of carbonyl (C=O) groups excluding carboxylic acids is 1. The molecular formula is C12H22N2O3S. The van der Waals surface area contributed by atoms with Crippen LogP contribution in [0.25, 0.3) is 0 Å². The van der Waals surface area contributed by atoms with Gasteiger partial charge < -0.3 is 5.73 Å². The Bertz CT molecular complexity index is 406. The van der Waals surface area contributed by atoms with Gasteiger partial charge in [0.05, 0.1) is 12.3 Å². The molecule has 0 amide bonds. The first-order chi connectivity index (χ1) is 8.34. The van der Waals surface area contributed by atoms with Gasteiger partial charge in [-0.2, -0.15) is 0 Å². The van der Waals surface area contributed by atoms with Crippen molar-refractivity contribution in [3.05, 3.63) is 12.7 Å². The van der Waals surface area contributed by atoms with E-state index in [0.717, 1.165) is 12.8 Å².